The number of nitrogens with zero attached hydrogens (tertiary/aromatic N) is 4. The Labute approximate surface area is 363 Å². The van der Waals surface area contributed by atoms with Crippen LogP contribution >= 0.6 is 0 Å². The Morgan fingerprint density at radius 1 is 0.484 bits per heavy atom. The van der Waals surface area contributed by atoms with Crippen molar-refractivity contribution in [2.75, 3.05) is 49.9 Å². The smallest absolute Gasteiger partial charge is 0.247 e. The van der Waals surface area contributed by atoms with Crippen molar-refractivity contribution >= 4 is 35.0 Å². The predicted octanol–water partition coefficient (Wildman–Crippen LogP) is 5.34. The first-order valence-corrected chi connectivity index (χ1v) is 22.1. The third kappa shape index (κ3) is 10.1. The molecule has 4 aliphatic heterocycles. The Morgan fingerprint density at radius 3 is 1.19 bits per heavy atom. The van der Waals surface area contributed by atoms with E-state index < -0.39 is 24.2 Å². The summed E-state index contributed by atoms with van der Waals surface area (Å²) in [6.45, 7) is 3.49. The molecule has 12 nitrogen and oxygen atoms in total. The average Bonchev–Trinajstić information content (AvgIpc) is 4.01. The van der Waals surface area contributed by atoms with Gasteiger partial charge in [-0.25, -0.2) is 0 Å². The summed E-state index contributed by atoms with van der Waals surface area (Å²) >= 11 is 0. The molecule has 0 aliphatic carbocycles. The Kier molecular flexibility index (Phi) is 13.8. The normalized spacial score (nSPS) is 21.1. The number of likely N-dealkylation sites (tertiary alicyclic amines) is 4. The van der Waals surface area contributed by atoms with E-state index >= 15 is 0 Å². The minimum atomic E-state index is -0.580. The van der Waals surface area contributed by atoms with Crippen LogP contribution in [0.25, 0.3) is 0 Å². The molecule has 0 aromatic heterocycles. The van der Waals surface area contributed by atoms with Crippen LogP contribution in [0.15, 0.2) is 109 Å². The number of rotatable bonds is 10. The monoisotopic (exact) mass is 836 g/mol. The molecule has 4 aromatic carbocycles. The lowest BCUT2D eigenvalue weighted by Crippen LogP contribution is -2.50. The molecule has 0 saturated carbocycles. The SMILES string of the molecule is O=C(Nc1ccc(C#Cc2ccc(NC(=O)[C@@H]3CCCN3C(=O)[C@H](c3ccccc3)N3CCC(O)CC3)cc2)cc1)[C@@H]1CCCN1C(=O)[C@H](c1ccccc1)N1CCC(O)CC1. The zero-order valence-corrected chi connectivity index (χ0v) is 35.1. The Hall–Kier alpha value is -5.84. The molecule has 0 spiro atoms. The molecule has 62 heavy (non-hydrogen) atoms. The van der Waals surface area contributed by atoms with E-state index in [1.54, 1.807) is 9.80 Å². The number of piperidine rings is 2. The quantitative estimate of drug-likeness (QED) is 0.157. The van der Waals surface area contributed by atoms with Crippen LogP contribution in [0, 0.1) is 11.8 Å². The molecule has 8 rings (SSSR count). The number of hydrogen-bond acceptors (Lipinski definition) is 8. The fourth-order valence-electron chi connectivity index (χ4n) is 9.37. The molecule has 12 heteroatoms. The van der Waals surface area contributed by atoms with Crippen LogP contribution in [0.1, 0.15) is 85.7 Å². The van der Waals surface area contributed by atoms with Gasteiger partial charge in [0.2, 0.25) is 23.6 Å². The van der Waals surface area contributed by atoms with Crippen molar-refractivity contribution in [3.8, 4) is 11.8 Å². The molecule has 322 valence electrons. The lowest BCUT2D eigenvalue weighted by Gasteiger charge is -2.38. The molecular weight excluding hydrogens is 781 g/mol. The second kappa shape index (κ2) is 19.9. The van der Waals surface area contributed by atoms with Gasteiger partial charge in [-0.3, -0.25) is 29.0 Å². The molecule has 4 atom stereocenters. The van der Waals surface area contributed by atoms with Gasteiger partial charge in [0, 0.05) is 61.8 Å². The number of anilines is 2. The first kappa shape index (κ1) is 42.8. The van der Waals surface area contributed by atoms with Crippen molar-refractivity contribution in [1.29, 1.82) is 0 Å². The molecule has 0 radical (unpaired) electrons. The molecule has 4 N–H and O–H groups in total. The van der Waals surface area contributed by atoms with Gasteiger partial charge in [0.1, 0.15) is 24.2 Å². The third-order valence-corrected chi connectivity index (χ3v) is 12.8. The highest BCUT2D eigenvalue weighted by Crippen LogP contribution is 2.32. The summed E-state index contributed by atoms with van der Waals surface area (Å²) in [4.78, 5) is 63.4. The number of nitrogens with one attached hydrogen (secondary N) is 2. The predicted molar refractivity (Wildman–Crippen MR) is 238 cm³/mol. The number of benzene rings is 4. The largest absolute Gasteiger partial charge is 0.393 e. The van der Waals surface area contributed by atoms with Gasteiger partial charge in [0.25, 0.3) is 0 Å². The van der Waals surface area contributed by atoms with Crippen LogP contribution in [-0.4, -0.2) is 117 Å². The van der Waals surface area contributed by atoms with Gasteiger partial charge >= 0.3 is 0 Å². The first-order chi connectivity index (χ1) is 30.2. The lowest BCUT2D eigenvalue weighted by molar-refractivity contribution is -0.142. The summed E-state index contributed by atoms with van der Waals surface area (Å²) in [5.41, 5.74) is 4.55. The van der Waals surface area contributed by atoms with Crippen molar-refractivity contribution in [2.24, 2.45) is 0 Å². The minimum Gasteiger partial charge on any atom is -0.393 e. The standard InChI is InChI=1S/C50H56N6O6/c57-41-25-31-53(32-26-41)45(37-9-3-1-4-10-37)49(61)55-29-7-13-43(55)47(59)51-39-21-17-35(18-22-39)15-16-36-19-23-40(24-20-36)52-48(60)44-14-8-30-56(44)50(62)46(38-11-5-2-6-12-38)54-33-27-42(58)28-34-54/h1-6,9-12,17-24,41-46,57-58H,7-8,13-14,25-34H2,(H,51,59)(H,52,60)/t43-,44-,45-,46-/m0/s1. The molecule has 0 unspecified atom stereocenters. The highest BCUT2D eigenvalue weighted by atomic mass is 16.3. The number of amides is 4. The van der Waals surface area contributed by atoms with Gasteiger partial charge in [0.05, 0.1) is 12.2 Å². The summed E-state index contributed by atoms with van der Waals surface area (Å²) < 4.78 is 0. The molecule has 4 heterocycles. The van der Waals surface area contributed by atoms with Gasteiger partial charge in [0.15, 0.2) is 0 Å². The maximum Gasteiger partial charge on any atom is 0.247 e. The molecular formula is C50H56N6O6. The second-order valence-corrected chi connectivity index (χ2v) is 16.9. The average molecular weight is 837 g/mol. The van der Waals surface area contributed by atoms with Crippen LogP contribution < -0.4 is 10.6 Å². The number of carbonyl (C=O) groups excluding carboxylic acids is 4. The van der Waals surface area contributed by atoms with E-state index in [9.17, 15) is 29.4 Å². The third-order valence-electron chi connectivity index (χ3n) is 12.8. The zero-order chi connectivity index (χ0) is 43.0. The Bertz CT molecular complexity index is 2070. The molecule has 4 amide bonds. The zero-order valence-electron chi connectivity index (χ0n) is 35.1. The highest BCUT2D eigenvalue weighted by Gasteiger charge is 2.42. The van der Waals surface area contributed by atoms with Gasteiger partial charge in [-0.05, 0) is 111 Å². The molecule has 4 saturated heterocycles. The summed E-state index contributed by atoms with van der Waals surface area (Å²) in [6, 6.07) is 31.8. The van der Waals surface area contributed by atoms with Crippen LogP contribution in [0.5, 0.6) is 0 Å². The van der Waals surface area contributed by atoms with Gasteiger partial charge in [-0.15, -0.1) is 0 Å². The van der Waals surface area contributed by atoms with Crippen LogP contribution in [-0.2, 0) is 19.2 Å². The number of hydrogen-bond donors (Lipinski definition) is 4. The summed E-state index contributed by atoms with van der Waals surface area (Å²) in [5, 5.41) is 26.3. The maximum absolute atomic E-state index is 14.2. The van der Waals surface area contributed by atoms with Crippen LogP contribution in [0.3, 0.4) is 0 Å². The minimum absolute atomic E-state index is 0.0811. The number of aliphatic hydroxyl groups excluding tert-OH is 2. The molecule has 4 aliphatic rings. The van der Waals surface area contributed by atoms with E-state index in [0.29, 0.717) is 89.2 Å². The summed E-state index contributed by atoms with van der Waals surface area (Å²) in [6.07, 6.45) is 4.40. The number of aliphatic hydroxyl groups is 2. The van der Waals surface area contributed by atoms with E-state index in [1.165, 1.54) is 0 Å². The first-order valence-electron chi connectivity index (χ1n) is 22.1. The van der Waals surface area contributed by atoms with Crippen molar-refractivity contribution in [3.05, 3.63) is 131 Å². The van der Waals surface area contributed by atoms with E-state index in [1.807, 2.05) is 109 Å². The second-order valence-electron chi connectivity index (χ2n) is 16.9. The maximum atomic E-state index is 14.2. The molecule has 4 aromatic rings. The van der Waals surface area contributed by atoms with Crippen molar-refractivity contribution in [1.82, 2.24) is 19.6 Å². The summed E-state index contributed by atoms with van der Waals surface area (Å²) in [7, 11) is 0. The van der Waals surface area contributed by atoms with Gasteiger partial charge < -0.3 is 30.6 Å². The van der Waals surface area contributed by atoms with Crippen molar-refractivity contribution < 1.29 is 29.4 Å². The van der Waals surface area contributed by atoms with E-state index in [0.717, 1.165) is 35.1 Å². The molecule has 4 fully saturated rings. The van der Waals surface area contributed by atoms with E-state index in [4.69, 9.17) is 0 Å². The summed E-state index contributed by atoms with van der Waals surface area (Å²) in [5.74, 6) is 5.75. The number of carbonyl (C=O) groups is 4. The van der Waals surface area contributed by atoms with Gasteiger partial charge in [-0.1, -0.05) is 72.5 Å². The topological polar surface area (TPSA) is 146 Å². The molecule has 0 bridgehead atoms. The van der Waals surface area contributed by atoms with Crippen molar-refractivity contribution in [3.63, 3.8) is 0 Å². The Morgan fingerprint density at radius 2 is 0.839 bits per heavy atom. The highest BCUT2D eigenvalue weighted by molar-refractivity contribution is 5.99. The van der Waals surface area contributed by atoms with Crippen LogP contribution in [0.4, 0.5) is 11.4 Å². The van der Waals surface area contributed by atoms with E-state index in [-0.39, 0.29) is 35.8 Å². The lowest BCUT2D eigenvalue weighted by atomic mass is 9.99. The van der Waals surface area contributed by atoms with Crippen LogP contribution in [0.2, 0.25) is 0 Å². The fraction of sp³-hybridized carbons (Fsp3) is 0.400. The van der Waals surface area contributed by atoms with Gasteiger partial charge in [-0.2, -0.15) is 0 Å². The van der Waals surface area contributed by atoms with Crippen molar-refractivity contribution in [2.45, 2.75) is 87.7 Å². The van der Waals surface area contributed by atoms with E-state index in [2.05, 4.69) is 32.3 Å². The Balaban J connectivity index is 0.858. The fourth-order valence-corrected chi connectivity index (χ4v) is 9.37.